The summed E-state index contributed by atoms with van der Waals surface area (Å²) in [6, 6.07) is 0. The molecule has 0 aromatic heterocycles. The number of nitrogens with one attached hydrogen (secondary N) is 1. The summed E-state index contributed by atoms with van der Waals surface area (Å²) in [4.78, 5) is 0. The predicted octanol–water partition coefficient (Wildman–Crippen LogP) is -0.835. The molecule has 0 radical (unpaired) electrons. The fraction of sp³-hybridized carbons (Fsp3) is 0. The Balaban J connectivity index is 2.86. The van der Waals surface area contributed by atoms with E-state index in [0.717, 1.165) is 6.20 Å². The van der Waals surface area contributed by atoms with Crippen LogP contribution in [0.15, 0.2) is 23.8 Å². The fourth-order valence-electron chi connectivity index (χ4n) is 0.440. The standard InChI is InChI=1S/C4H6N2O3S/c5-10(7,8)4-3-6-1-2-9-4/h1-3,6H,(H2,5,7,8). The van der Waals surface area contributed by atoms with Gasteiger partial charge in [0.15, 0.2) is 0 Å². The number of ether oxygens (including phenoxy) is 1. The van der Waals surface area contributed by atoms with Gasteiger partial charge in [-0.2, -0.15) is 0 Å². The van der Waals surface area contributed by atoms with Crippen LogP contribution in [0, 0.1) is 0 Å². The van der Waals surface area contributed by atoms with E-state index in [1.54, 1.807) is 0 Å². The Hall–Kier alpha value is -1.01. The van der Waals surface area contributed by atoms with E-state index in [1.165, 1.54) is 12.5 Å². The quantitative estimate of drug-likeness (QED) is 0.527. The van der Waals surface area contributed by atoms with Crippen molar-refractivity contribution < 1.29 is 13.2 Å². The monoisotopic (exact) mass is 162 g/mol. The van der Waals surface area contributed by atoms with Gasteiger partial charge in [0, 0.05) is 6.20 Å². The van der Waals surface area contributed by atoms with Gasteiger partial charge in [0.1, 0.15) is 6.26 Å². The van der Waals surface area contributed by atoms with Crippen LogP contribution in [-0.4, -0.2) is 8.42 Å². The average Bonchev–Trinajstić information content (AvgIpc) is 1.88. The Labute approximate surface area is 58.2 Å². The van der Waals surface area contributed by atoms with Gasteiger partial charge in [-0.25, -0.2) is 13.6 Å². The van der Waals surface area contributed by atoms with Crippen LogP contribution < -0.4 is 10.5 Å². The minimum Gasteiger partial charge on any atom is -0.449 e. The van der Waals surface area contributed by atoms with E-state index in [4.69, 9.17) is 5.14 Å². The lowest BCUT2D eigenvalue weighted by molar-refractivity contribution is 0.365. The van der Waals surface area contributed by atoms with Crippen molar-refractivity contribution in [1.29, 1.82) is 0 Å². The van der Waals surface area contributed by atoms with Crippen molar-refractivity contribution in [2.75, 3.05) is 0 Å². The highest BCUT2D eigenvalue weighted by atomic mass is 32.2. The Bertz CT molecular complexity index is 277. The zero-order chi connectivity index (χ0) is 7.61. The van der Waals surface area contributed by atoms with Gasteiger partial charge in [0.25, 0.3) is 10.0 Å². The molecule has 0 spiro atoms. The molecular weight excluding hydrogens is 156 g/mol. The van der Waals surface area contributed by atoms with Gasteiger partial charge < -0.3 is 10.1 Å². The molecule has 6 heteroatoms. The normalized spacial score (nSPS) is 17.1. The number of rotatable bonds is 1. The van der Waals surface area contributed by atoms with Crippen molar-refractivity contribution in [2.24, 2.45) is 5.14 Å². The van der Waals surface area contributed by atoms with Gasteiger partial charge in [-0.1, -0.05) is 0 Å². The van der Waals surface area contributed by atoms with E-state index in [2.05, 4.69) is 10.1 Å². The molecule has 0 amide bonds. The SMILES string of the molecule is NS(=O)(=O)C1=CNC=CO1. The second-order valence-corrected chi connectivity index (χ2v) is 3.09. The molecule has 0 fully saturated rings. The third kappa shape index (κ3) is 1.49. The third-order valence-corrected chi connectivity index (χ3v) is 1.60. The van der Waals surface area contributed by atoms with Crippen LogP contribution in [0.1, 0.15) is 0 Å². The van der Waals surface area contributed by atoms with E-state index in [-0.39, 0.29) is 5.09 Å². The fourth-order valence-corrected chi connectivity index (χ4v) is 0.862. The Morgan fingerprint density at radius 2 is 2.30 bits per heavy atom. The first-order chi connectivity index (χ1) is 4.61. The minimum absolute atomic E-state index is 0.282. The molecule has 0 aliphatic carbocycles. The average molecular weight is 162 g/mol. The van der Waals surface area contributed by atoms with Gasteiger partial charge in [-0.15, -0.1) is 0 Å². The summed E-state index contributed by atoms with van der Waals surface area (Å²) in [6.45, 7) is 0. The number of hydrogen-bond donors (Lipinski definition) is 2. The lowest BCUT2D eigenvalue weighted by Gasteiger charge is -2.06. The van der Waals surface area contributed by atoms with E-state index < -0.39 is 10.0 Å². The summed E-state index contributed by atoms with van der Waals surface area (Å²) in [6.07, 6.45) is 3.80. The summed E-state index contributed by atoms with van der Waals surface area (Å²) in [5.41, 5.74) is 0. The molecule has 0 saturated heterocycles. The molecule has 1 heterocycles. The second-order valence-electron chi connectivity index (χ2n) is 1.60. The van der Waals surface area contributed by atoms with Crippen molar-refractivity contribution in [3.63, 3.8) is 0 Å². The van der Waals surface area contributed by atoms with Gasteiger partial charge in [-0.05, 0) is 0 Å². The number of hydrogen-bond acceptors (Lipinski definition) is 4. The van der Waals surface area contributed by atoms with Crippen LogP contribution in [0.4, 0.5) is 0 Å². The summed E-state index contributed by atoms with van der Waals surface area (Å²) in [7, 11) is -3.70. The van der Waals surface area contributed by atoms with E-state index in [1.807, 2.05) is 0 Å². The molecule has 3 N–H and O–H groups in total. The van der Waals surface area contributed by atoms with E-state index >= 15 is 0 Å². The molecule has 0 aromatic rings. The molecule has 0 aromatic carbocycles. The molecule has 1 rings (SSSR count). The highest BCUT2D eigenvalue weighted by molar-refractivity contribution is 7.92. The summed E-state index contributed by atoms with van der Waals surface area (Å²) < 4.78 is 25.5. The summed E-state index contributed by atoms with van der Waals surface area (Å²) >= 11 is 0. The van der Waals surface area contributed by atoms with Crippen molar-refractivity contribution >= 4 is 10.0 Å². The zero-order valence-electron chi connectivity index (χ0n) is 4.94. The molecular formula is C4H6N2O3S. The largest absolute Gasteiger partial charge is 0.449 e. The van der Waals surface area contributed by atoms with Gasteiger partial charge in [-0.3, -0.25) is 0 Å². The number of primary sulfonamides is 1. The first-order valence-electron chi connectivity index (χ1n) is 2.41. The molecule has 0 bridgehead atoms. The molecule has 0 saturated carbocycles. The molecule has 0 unspecified atom stereocenters. The number of sulfonamides is 1. The Morgan fingerprint density at radius 3 is 2.60 bits per heavy atom. The van der Waals surface area contributed by atoms with Crippen LogP contribution in [0.25, 0.3) is 0 Å². The van der Waals surface area contributed by atoms with Crippen LogP contribution in [0.2, 0.25) is 0 Å². The zero-order valence-corrected chi connectivity index (χ0v) is 5.76. The molecule has 1 aliphatic heterocycles. The first kappa shape index (κ1) is 7.10. The van der Waals surface area contributed by atoms with E-state index in [0.29, 0.717) is 0 Å². The molecule has 0 atom stereocenters. The molecule has 10 heavy (non-hydrogen) atoms. The molecule has 5 nitrogen and oxygen atoms in total. The predicted molar refractivity (Wildman–Crippen MR) is 34.6 cm³/mol. The maximum atomic E-state index is 10.5. The van der Waals surface area contributed by atoms with E-state index in [9.17, 15) is 8.42 Å². The van der Waals surface area contributed by atoms with Gasteiger partial charge in [0.05, 0.1) is 6.20 Å². The minimum atomic E-state index is -3.70. The number of nitrogens with two attached hydrogens (primary N) is 1. The highest BCUT2D eigenvalue weighted by Crippen LogP contribution is 2.05. The lowest BCUT2D eigenvalue weighted by Crippen LogP contribution is -2.19. The van der Waals surface area contributed by atoms with Crippen molar-refractivity contribution in [1.82, 2.24) is 5.32 Å². The van der Waals surface area contributed by atoms with Crippen molar-refractivity contribution in [3.05, 3.63) is 23.8 Å². The van der Waals surface area contributed by atoms with Crippen LogP contribution in [-0.2, 0) is 14.8 Å². The first-order valence-corrected chi connectivity index (χ1v) is 3.96. The van der Waals surface area contributed by atoms with Crippen molar-refractivity contribution in [3.8, 4) is 0 Å². The van der Waals surface area contributed by atoms with Crippen LogP contribution >= 0.6 is 0 Å². The smallest absolute Gasteiger partial charge is 0.272 e. The van der Waals surface area contributed by atoms with Crippen molar-refractivity contribution in [2.45, 2.75) is 0 Å². The third-order valence-electron chi connectivity index (χ3n) is 0.830. The second kappa shape index (κ2) is 2.31. The topological polar surface area (TPSA) is 81.4 Å². The summed E-state index contributed by atoms with van der Waals surface area (Å²) in [5.74, 6) is 0. The van der Waals surface area contributed by atoms with Gasteiger partial charge in [0.2, 0.25) is 5.09 Å². The lowest BCUT2D eigenvalue weighted by atomic mass is 10.8. The summed E-state index contributed by atoms with van der Waals surface area (Å²) in [5, 5.41) is 6.95. The molecule has 56 valence electrons. The Morgan fingerprint density at radius 1 is 1.60 bits per heavy atom. The van der Waals surface area contributed by atoms with Gasteiger partial charge >= 0.3 is 0 Å². The highest BCUT2D eigenvalue weighted by Gasteiger charge is 2.13. The van der Waals surface area contributed by atoms with Crippen LogP contribution in [0.3, 0.4) is 0 Å². The maximum absolute atomic E-state index is 10.5. The van der Waals surface area contributed by atoms with Crippen LogP contribution in [0.5, 0.6) is 0 Å². The Kier molecular flexibility index (Phi) is 1.64. The molecule has 1 aliphatic rings. The maximum Gasteiger partial charge on any atom is 0.272 e.